The van der Waals surface area contributed by atoms with Crippen LogP contribution in [0, 0.1) is 5.92 Å². The molecule has 0 atom stereocenters. The largest absolute Gasteiger partial charge is 0.454 e. The summed E-state index contributed by atoms with van der Waals surface area (Å²) in [5.74, 6) is 4.28. The van der Waals surface area contributed by atoms with Gasteiger partial charge >= 0.3 is 0 Å². The summed E-state index contributed by atoms with van der Waals surface area (Å²) in [6.07, 6.45) is 2.66. The topological polar surface area (TPSA) is 69.5 Å². The van der Waals surface area contributed by atoms with E-state index in [1.54, 1.807) is 6.92 Å². The van der Waals surface area contributed by atoms with Gasteiger partial charge in [-0.15, -0.1) is 0 Å². The second kappa shape index (κ2) is 7.21. The van der Waals surface area contributed by atoms with Gasteiger partial charge in [-0.1, -0.05) is 13.8 Å². The van der Waals surface area contributed by atoms with Crippen LogP contribution in [0.4, 0.5) is 0 Å². The van der Waals surface area contributed by atoms with Crippen LogP contribution in [0.2, 0.25) is 0 Å². The molecule has 0 radical (unpaired) electrons. The highest BCUT2D eigenvalue weighted by Crippen LogP contribution is 2.35. The number of carbonyl (C=O) groups is 1. The second-order valence-electron chi connectivity index (χ2n) is 7.71. The highest BCUT2D eigenvalue weighted by molar-refractivity contribution is 5.73. The fourth-order valence-corrected chi connectivity index (χ4v) is 3.74. The van der Waals surface area contributed by atoms with Gasteiger partial charge in [0.25, 0.3) is 0 Å². The predicted octanol–water partition coefficient (Wildman–Crippen LogP) is 2.92. The molecule has 4 rings (SSSR count). The van der Waals surface area contributed by atoms with Crippen LogP contribution in [-0.2, 0) is 11.2 Å². The summed E-state index contributed by atoms with van der Waals surface area (Å²) >= 11 is 0. The Labute approximate surface area is 159 Å². The number of amides is 1. The zero-order chi connectivity index (χ0) is 19.0. The van der Waals surface area contributed by atoms with E-state index in [-0.39, 0.29) is 12.7 Å². The maximum absolute atomic E-state index is 11.6. The summed E-state index contributed by atoms with van der Waals surface area (Å²) in [6.45, 7) is 7.78. The van der Waals surface area contributed by atoms with E-state index in [0.717, 1.165) is 61.2 Å². The minimum Gasteiger partial charge on any atom is -0.454 e. The fourth-order valence-electron chi connectivity index (χ4n) is 3.74. The lowest BCUT2D eigenvalue weighted by molar-refractivity contribution is -0.129. The Balaban J connectivity index is 1.66. The molecule has 144 valence electrons. The first-order valence-electron chi connectivity index (χ1n) is 9.62. The van der Waals surface area contributed by atoms with Crippen LogP contribution >= 0.6 is 0 Å². The summed E-state index contributed by atoms with van der Waals surface area (Å²) < 4.78 is 12.9. The number of hydrogen-bond acceptors (Lipinski definition) is 5. The molecule has 1 aromatic carbocycles. The van der Waals surface area contributed by atoms with Crippen LogP contribution in [0.3, 0.4) is 0 Å². The lowest BCUT2D eigenvalue weighted by Gasteiger charge is -2.30. The van der Waals surface area contributed by atoms with Gasteiger partial charge in [0, 0.05) is 38.4 Å². The van der Waals surface area contributed by atoms with Crippen molar-refractivity contribution in [3.05, 3.63) is 29.8 Å². The van der Waals surface area contributed by atoms with Gasteiger partial charge in [0.1, 0.15) is 5.82 Å². The number of piperidine rings is 1. The lowest BCUT2D eigenvalue weighted by Crippen LogP contribution is -2.36. The van der Waals surface area contributed by atoms with Gasteiger partial charge in [-0.2, -0.15) is 5.10 Å². The first kappa shape index (κ1) is 17.8. The molecule has 1 aromatic heterocycles. The summed E-state index contributed by atoms with van der Waals surface area (Å²) in [7, 11) is 0. The molecule has 0 bridgehead atoms. The molecule has 2 aromatic rings. The molecule has 7 nitrogen and oxygen atoms in total. The lowest BCUT2D eigenvalue weighted by atomic mass is 9.95. The summed E-state index contributed by atoms with van der Waals surface area (Å²) in [6, 6.07) is 5.88. The van der Waals surface area contributed by atoms with Crippen LogP contribution < -0.4 is 9.47 Å². The van der Waals surface area contributed by atoms with Crippen molar-refractivity contribution >= 4 is 5.91 Å². The SMILES string of the molecule is CC(=O)N1CCC(c2nc(CC(C)C)nn2-c2ccc3c(c2)OCO3)CC1. The molecule has 0 spiro atoms. The van der Waals surface area contributed by atoms with E-state index in [4.69, 9.17) is 19.6 Å². The Morgan fingerprint density at radius 2 is 1.96 bits per heavy atom. The van der Waals surface area contributed by atoms with E-state index in [1.165, 1.54) is 0 Å². The molecule has 0 unspecified atom stereocenters. The Bertz CT molecular complexity index is 838. The van der Waals surface area contributed by atoms with Gasteiger partial charge in [0.2, 0.25) is 12.7 Å². The van der Waals surface area contributed by atoms with Gasteiger partial charge in [-0.3, -0.25) is 4.79 Å². The second-order valence-corrected chi connectivity index (χ2v) is 7.71. The average Bonchev–Trinajstić information content (AvgIpc) is 3.27. The zero-order valence-electron chi connectivity index (χ0n) is 16.1. The van der Waals surface area contributed by atoms with Crippen LogP contribution in [-0.4, -0.2) is 45.5 Å². The number of rotatable bonds is 4. The minimum absolute atomic E-state index is 0.145. The standard InChI is InChI=1S/C20H26N4O3/c1-13(2)10-19-21-20(15-6-8-23(9-7-15)14(3)25)24(22-19)16-4-5-17-18(11-16)27-12-26-17/h4-5,11,13,15H,6-10,12H2,1-3H3. The quantitative estimate of drug-likeness (QED) is 0.828. The molecule has 7 heteroatoms. The Morgan fingerprint density at radius 3 is 2.67 bits per heavy atom. The molecule has 3 heterocycles. The van der Waals surface area contributed by atoms with Crippen LogP contribution in [0.15, 0.2) is 18.2 Å². The molecule has 2 aliphatic rings. The van der Waals surface area contributed by atoms with Crippen molar-refractivity contribution in [2.45, 2.75) is 46.0 Å². The van der Waals surface area contributed by atoms with E-state index < -0.39 is 0 Å². The Hall–Kier alpha value is -2.57. The van der Waals surface area contributed by atoms with Gasteiger partial charge in [-0.05, 0) is 30.9 Å². The third-order valence-electron chi connectivity index (χ3n) is 5.17. The third kappa shape index (κ3) is 3.63. The molecule has 2 aliphatic heterocycles. The van der Waals surface area contributed by atoms with E-state index in [9.17, 15) is 4.79 Å². The molecule has 0 N–H and O–H groups in total. The third-order valence-corrected chi connectivity index (χ3v) is 5.17. The number of ether oxygens (including phenoxy) is 2. The predicted molar refractivity (Wildman–Crippen MR) is 100 cm³/mol. The van der Waals surface area contributed by atoms with E-state index in [2.05, 4.69) is 13.8 Å². The van der Waals surface area contributed by atoms with E-state index >= 15 is 0 Å². The smallest absolute Gasteiger partial charge is 0.231 e. The number of likely N-dealkylation sites (tertiary alicyclic amines) is 1. The minimum atomic E-state index is 0.145. The number of carbonyl (C=O) groups excluding carboxylic acids is 1. The number of aromatic nitrogens is 3. The molecule has 1 amide bonds. The highest BCUT2D eigenvalue weighted by Gasteiger charge is 2.28. The molecular formula is C20H26N4O3. The van der Waals surface area contributed by atoms with Crippen molar-refractivity contribution in [2.75, 3.05) is 19.9 Å². The molecule has 27 heavy (non-hydrogen) atoms. The van der Waals surface area contributed by atoms with Crippen LogP contribution in [0.5, 0.6) is 11.5 Å². The molecule has 1 saturated heterocycles. The van der Waals surface area contributed by atoms with Crippen molar-refractivity contribution in [2.24, 2.45) is 5.92 Å². The van der Waals surface area contributed by atoms with Gasteiger partial charge < -0.3 is 14.4 Å². The van der Waals surface area contributed by atoms with Crippen molar-refractivity contribution in [3.8, 4) is 17.2 Å². The Kier molecular flexibility index (Phi) is 4.76. The first-order valence-corrected chi connectivity index (χ1v) is 9.62. The summed E-state index contributed by atoms with van der Waals surface area (Å²) in [5, 5.41) is 4.80. The van der Waals surface area contributed by atoms with Gasteiger partial charge in [-0.25, -0.2) is 9.67 Å². The molecule has 0 saturated carbocycles. The van der Waals surface area contributed by atoms with Crippen LogP contribution in [0.25, 0.3) is 5.69 Å². The molecule has 0 aliphatic carbocycles. The maximum atomic E-state index is 11.6. The molecular weight excluding hydrogens is 344 g/mol. The van der Waals surface area contributed by atoms with Crippen molar-refractivity contribution < 1.29 is 14.3 Å². The number of benzene rings is 1. The first-order chi connectivity index (χ1) is 13.0. The average molecular weight is 370 g/mol. The summed E-state index contributed by atoms with van der Waals surface area (Å²) in [4.78, 5) is 18.4. The summed E-state index contributed by atoms with van der Waals surface area (Å²) in [5.41, 5.74) is 0.936. The number of hydrogen-bond donors (Lipinski definition) is 0. The van der Waals surface area contributed by atoms with E-state index in [0.29, 0.717) is 11.8 Å². The monoisotopic (exact) mass is 370 g/mol. The highest BCUT2D eigenvalue weighted by atomic mass is 16.7. The fraction of sp³-hybridized carbons (Fsp3) is 0.550. The van der Waals surface area contributed by atoms with Gasteiger partial charge in [0.05, 0.1) is 5.69 Å². The van der Waals surface area contributed by atoms with E-state index in [1.807, 2.05) is 27.8 Å². The van der Waals surface area contributed by atoms with Crippen LogP contribution in [0.1, 0.15) is 51.2 Å². The van der Waals surface area contributed by atoms with Crippen molar-refractivity contribution in [1.82, 2.24) is 19.7 Å². The number of fused-ring (bicyclic) bond motifs is 1. The molecule has 1 fully saturated rings. The normalized spacial score (nSPS) is 17.0. The maximum Gasteiger partial charge on any atom is 0.231 e. The van der Waals surface area contributed by atoms with Crippen molar-refractivity contribution in [1.29, 1.82) is 0 Å². The van der Waals surface area contributed by atoms with Crippen molar-refractivity contribution in [3.63, 3.8) is 0 Å². The Morgan fingerprint density at radius 1 is 1.22 bits per heavy atom. The van der Waals surface area contributed by atoms with Gasteiger partial charge in [0.15, 0.2) is 17.3 Å². The zero-order valence-corrected chi connectivity index (χ0v) is 16.1. The number of nitrogens with zero attached hydrogens (tertiary/aromatic N) is 4.